The molecule has 2 heterocycles. The molecule has 0 spiro atoms. The van der Waals surface area contributed by atoms with Crippen molar-refractivity contribution in [1.29, 1.82) is 0 Å². The van der Waals surface area contributed by atoms with E-state index in [1.54, 1.807) is 13.2 Å². The Hall–Kier alpha value is -3.54. The first-order valence-electron chi connectivity index (χ1n) is 12.4. The highest BCUT2D eigenvalue weighted by molar-refractivity contribution is 7.98. The summed E-state index contributed by atoms with van der Waals surface area (Å²) >= 11 is 7.59. The third kappa shape index (κ3) is 7.00. The molecule has 0 bridgehead atoms. The van der Waals surface area contributed by atoms with Crippen LogP contribution in [0, 0.1) is 6.92 Å². The Bertz CT molecular complexity index is 1550. The van der Waals surface area contributed by atoms with E-state index in [1.165, 1.54) is 47.9 Å². The average Bonchev–Trinajstić information content (AvgIpc) is 3.34. The summed E-state index contributed by atoms with van der Waals surface area (Å²) in [6, 6.07) is 5.85. The quantitative estimate of drug-likeness (QED) is 0.229. The summed E-state index contributed by atoms with van der Waals surface area (Å²) in [6.07, 6.45) is -11.6. The van der Waals surface area contributed by atoms with Crippen LogP contribution in [-0.4, -0.2) is 57.0 Å². The smallest absolute Gasteiger partial charge is 0.366 e. The predicted molar refractivity (Wildman–Crippen MR) is 145 cm³/mol. The molecule has 2 amide bonds. The van der Waals surface area contributed by atoms with Gasteiger partial charge in [0.15, 0.2) is 5.69 Å². The number of carbonyl (C=O) groups is 2. The number of hydrogen-bond donors (Lipinski definition) is 1. The van der Waals surface area contributed by atoms with Crippen molar-refractivity contribution in [3.05, 3.63) is 75.3 Å². The van der Waals surface area contributed by atoms with E-state index >= 15 is 0 Å². The Morgan fingerprint density at radius 2 is 1.60 bits per heavy atom. The van der Waals surface area contributed by atoms with Crippen molar-refractivity contribution in [3.63, 3.8) is 0 Å². The number of aryl methyl sites for hydroxylation is 1. The van der Waals surface area contributed by atoms with Gasteiger partial charge in [0.1, 0.15) is 0 Å². The molecular weight excluding hydrogens is 672 g/mol. The maximum Gasteiger partial charge on any atom is 0.459 e. The molecule has 2 N–H and O–H groups in total. The third-order valence-corrected chi connectivity index (χ3v) is 7.50. The van der Waals surface area contributed by atoms with Gasteiger partial charge in [0.05, 0.1) is 45.3 Å². The fourth-order valence-corrected chi connectivity index (χ4v) is 5.18. The highest BCUT2D eigenvalue weighted by Gasteiger charge is 2.67. The number of thioether (sulfide) groups is 1. The van der Waals surface area contributed by atoms with Crippen LogP contribution in [0.1, 0.15) is 50.3 Å². The van der Waals surface area contributed by atoms with Gasteiger partial charge in [0.2, 0.25) is 5.91 Å². The van der Waals surface area contributed by atoms with Crippen LogP contribution in [0.3, 0.4) is 0 Å². The molecule has 3 rings (SSSR count). The van der Waals surface area contributed by atoms with Crippen molar-refractivity contribution < 1.29 is 53.5 Å². The molecule has 2 aromatic heterocycles. The molecule has 19 heteroatoms. The Morgan fingerprint density at radius 1 is 1.00 bits per heavy atom. The monoisotopic (exact) mass is 693 g/mol. The second-order valence-electron chi connectivity index (χ2n) is 9.65. The number of amides is 2. The summed E-state index contributed by atoms with van der Waals surface area (Å²) in [5, 5.41) is 2.67. The lowest BCUT2D eigenvalue weighted by Crippen LogP contribution is -2.42. The van der Waals surface area contributed by atoms with E-state index < -0.39 is 59.9 Å². The first kappa shape index (κ1) is 35.9. The number of benzene rings is 1. The zero-order valence-corrected chi connectivity index (χ0v) is 24.8. The van der Waals surface area contributed by atoms with E-state index in [0.29, 0.717) is 5.75 Å². The summed E-state index contributed by atoms with van der Waals surface area (Å²) < 4.78 is 134. The largest absolute Gasteiger partial charge is 0.459 e. The summed E-state index contributed by atoms with van der Waals surface area (Å²) in [4.78, 5) is 31.2. The number of anilines is 1. The maximum absolute atomic E-state index is 14.1. The van der Waals surface area contributed by atoms with Crippen molar-refractivity contribution in [2.75, 3.05) is 16.9 Å². The van der Waals surface area contributed by atoms with Gasteiger partial charge >= 0.3 is 24.2 Å². The maximum atomic E-state index is 14.1. The number of nitrogens with two attached hydrogens (primary N) is 1. The van der Waals surface area contributed by atoms with Gasteiger partial charge < -0.3 is 10.6 Å². The lowest BCUT2D eigenvalue weighted by molar-refractivity contribution is -0.302. The minimum absolute atomic E-state index is 0.0373. The number of carbonyl (C=O) groups excluding carboxylic acids is 2. The second-order valence-corrected chi connectivity index (χ2v) is 11.0. The Balaban J connectivity index is 2.11. The van der Waals surface area contributed by atoms with Gasteiger partial charge in [0, 0.05) is 18.0 Å². The van der Waals surface area contributed by atoms with Crippen molar-refractivity contribution in [2.24, 2.45) is 5.73 Å². The number of hydrogen-bond acceptors (Lipinski definition) is 5. The van der Waals surface area contributed by atoms with Gasteiger partial charge in [-0.25, -0.2) is 0 Å². The first-order chi connectivity index (χ1) is 20.6. The van der Waals surface area contributed by atoms with E-state index in [9.17, 15) is 53.5 Å². The predicted octanol–water partition coefficient (Wildman–Crippen LogP) is 7.09. The fourth-order valence-electron chi connectivity index (χ4n) is 4.30. The van der Waals surface area contributed by atoms with E-state index in [0.717, 1.165) is 6.07 Å². The van der Waals surface area contributed by atoms with Crippen LogP contribution in [-0.2, 0) is 18.4 Å². The van der Waals surface area contributed by atoms with Crippen LogP contribution < -0.4 is 10.6 Å². The van der Waals surface area contributed by atoms with Crippen LogP contribution in [0.5, 0.6) is 0 Å². The van der Waals surface area contributed by atoms with Crippen molar-refractivity contribution in [2.45, 2.75) is 50.6 Å². The standard InChI is InChI=1S/C26H22ClF10N5O2S/c1-12(11-45-3)42(22(44)19-15(21(38)43)5-4-6-17(19)27)18-8-7-14(39-13(18)2)9-41-10-16(23(28,29)25(32,33)34)20(40-41)24(30,31)26(35,36)37/h4-8,10,12H,9,11H2,1-3H3,(H2,38,43)/t12-/m0/s1. The molecular formula is C26H22ClF10N5O2S. The highest BCUT2D eigenvalue weighted by Crippen LogP contribution is 2.51. The summed E-state index contributed by atoms with van der Waals surface area (Å²) in [6.45, 7) is 2.10. The normalized spacial score (nSPS) is 13.6. The molecule has 7 nitrogen and oxygen atoms in total. The van der Waals surface area contributed by atoms with Gasteiger partial charge in [-0.05, 0) is 44.4 Å². The topological polar surface area (TPSA) is 94.1 Å². The molecule has 0 unspecified atom stereocenters. The number of halogens is 11. The molecule has 3 aromatic rings. The lowest BCUT2D eigenvalue weighted by atomic mass is 10.0. The van der Waals surface area contributed by atoms with E-state index in [-0.39, 0.29) is 44.1 Å². The van der Waals surface area contributed by atoms with Gasteiger partial charge in [-0.2, -0.15) is 60.8 Å². The van der Waals surface area contributed by atoms with Gasteiger partial charge in [-0.1, -0.05) is 17.7 Å². The molecule has 0 aliphatic heterocycles. The summed E-state index contributed by atoms with van der Waals surface area (Å²) in [5.74, 6) is -13.6. The number of pyridine rings is 1. The number of aromatic nitrogens is 3. The van der Waals surface area contributed by atoms with Crippen molar-refractivity contribution in [3.8, 4) is 0 Å². The molecule has 246 valence electrons. The van der Waals surface area contributed by atoms with E-state index in [4.69, 9.17) is 17.3 Å². The number of alkyl halides is 10. The van der Waals surface area contributed by atoms with Gasteiger partial charge in [0.25, 0.3) is 5.91 Å². The van der Waals surface area contributed by atoms with Crippen LogP contribution in [0.2, 0.25) is 5.02 Å². The SMILES string of the molecule is CSC[C@H](C)N(C(=O)c1c(Cl)cccc1C(N)=O)c1ccc(Cn2cc(C(F)(F)C(F)(F)F)c(C(F)(F)C(F)(F)F)n2)nc1C. The second kappa shape index (κ2) is 12.7. The molecule has 0 aliphatic carbocycles. The minimum atomic E-state index is -6.54. The average molecular weight is 694 g/mol. The molecule has 0 fully saturated rings. The third-order valence-electron chi connectivity index (χ3n) is 6.37. The number of nitrogens with zero attached hydrogens (tertiary/aromatic N) is 4. The zero-order valence-electron chi connectivity index (χ0n) is 23.2. The van der Waals surface area contributed by atoms with Gasteiger partial charge in [-0.3, -0.25) is 19.3 Å². The molecule has 0 radical (unpaired) electrons. The molecule has 1 atom stereocenters. The van der Waals surface area contributed by atoms with Crippen LogP contribution in [0.15, 0.2) is 36.5 Å². The Labute approximate surface area is 257 Å². The molecule has 0 saturated heterocycles. The minimum Gasteiger partial charge on any atom is -0.366 e. The Kier molecular flexibility index (Phi) is 10.1. The Morgan fingerprint density at radius 3 is 2.11 bits per heavy atom. The van der Waals surface area contributed by atoms with E-state index in [1.807, 2.05) is 0 Å². The zero-order chi connectivity index (χ0) is 34.3. The van der Waals surface area contributed by atoms with Crippen molar-refractivity contribution >= 4 is 40.9 Å². The van der Waals surface area contributed by atoms with Gasteiger partial charge in [-0.15, -0.1) is 0 Å². The molecule has 0 saturated carbocycles. The first-order valence-corrected chi connectivity index (χ1v) is 14.2. The van der Waals surface area contributed by atoms with Crippen LogP contribution in [0.4, 0.5) is 49.6 Å². The van der Waals surface area contributed by atoms with E-state index in [2.05, 4.69) is 10.1 Å². The molecule has 45 heavy (non-hydrogen) atoms. The molecule has 1 aromatic carbocycles. The molecule has 0 aliphatic rings. The highest BCUT2D eigenvalue weighted by atomic mass is 35.5. The number of primary amides is 1. The fraction of sp³-hybridized carbons (Fsp3) is 0.385. The summed E-state index contributed by atoms with van der Waals surface area (Å²) in [7, 11) is 0. The van der Waals surface area contributed by atoms with Crippen LogP contribution in [0.25, 0.3) is 0 Å². The summed E-state index contributed by atoms with van der Waals surface area (Å²) in [5.41, 5.74) is -0.559. The van der Waals surface area contributed by atoms with Crippen molar-refractivity contribution in [1.82, 2.24) is 14.8 Å². The number of rotatable bonds is 10. The van der Waals surface area contributed by atoms with Crippen LogP contribution >= 0.6 is 23.4 Å². The lowest BCUT2D eigenvalue weighted by Gasteiger charge is -2.31.